The average Bonchev–Trinajstić information content (AvgIpc) is 2.88. The molecule has 0 fully saturated rings. The molecular formula is C25H32BrN3O6S. The molecule has 196 valence electrons. The number of nitrogens with zero attached hydrogens (tertiary/aromatic N) is 2. The first-order chi connectivity index (χ1) is 17.2. The highest BCUT2D eigenvalue weighted by molar-refractivity contribution is 9.10. The fourth-order valence-electron chi connectivity index (χ4n) is 3.72. The Balaban J connectivity index is 1.93. The minimum Gasteiger partial charge on any atom is -0.486 e. The maximum absolute atomic E-state index is 13.7. The molecule has 1 heterocycles. The quantitative estimate of drug-likeness (QED) is 0.436. The number of anilines is 1. The van der Waals surface area contributed by atoms with Crippen molar-refractivity contribution in [3.8, 4) is 11.5 Å². The predicted molar refractivity (Wildman–Crippen MR) is 142 cm³/mol. The van der Waals surface area contributed by atoms with Crippen molar-refractivity contribution in [1.29, 1.82) is 0 Å². The molecule has 3 rings (SSSR count). The lowest BCUT2D eigenvalue weighted by atomic mass is 10.1. The zero-order valence-electron chi connectivity index (χ0n) is 20.7. The van der Waals surface area contributed by atoms with Crippen LogP contribution < -0.4 is 19.1 Å². The van der Waals surface area contributed by atoms with E-state index in [-0.39, 0.29) is 18.2 Å². The lowest BCUT2D eigenvalue weighted by Crippen LogP contribution is -2.51. The molecule has 0 spiro atoms. The van der Waals surface area contributed by atoms with Crippen molar-refractivity contribution in [2.75, 3.05) is 36.4 Å². The maximum atomic E-state index is 13.7. The summed E-state index contributed by atoms with van der Waals surface area (Å²) < 4.78 is 39.2. The monoisotopic (exact) mass is 581 g/mol. The van der Waals surface area contributed by atoms with Crippen molar-refractivity contribution >= 4 is 43.5 Å². The second-order valence-electron chi connectivity index (χ2n) is 8.35. The fraction of sp³-hybridized carbons (Fsp3) is 0.440. The first-order valence-electron chi connectivity index (χ1n) is 11.9. The van der Waals surface area contributed by atoms with Gasteiger partial charge in [0.1, 0.15) is 25.8 Å². The van der Waals surface area contributed by atoms with Crippen LogP contribution in [0.15, 0.2) is 46.9 Å². The molecule has 1 unspecified atom stereocenters. The molecule has 0 bridgehead atoms. The summed E-state index contributed by atoms with van der Waals surface area (Å²) in [7, 11) is -3.83. The van der Waals surface area contributed by atoms with Gasteiger partial charge < -0.3 is 19.7 Å². The Morgan fingerprint density at radius 1 is 1.08 bits per heavy atom. The Morgan fingerprint density at radius 3 is 2.47 bits per heavy atom. The minimum atomic E-state index is -3.83. The first kappa shape index (κ1) is 27.8. The fourth-order valence-corrected chi connectivity index (χ4v) is 5.22. The van der Waals surface area contributed by atoms with Crippen molar-refractivity contribution < 1.29 is 27.5 Å². The van der Waals surface area contributed by atoms with E-state index in [0.29, 0.717) is 36.9 Å². The number of carbonyl (C=O) groups excluding carboxylic acids is 2. The zero-order valence-corrected chi connectivity index (χ0v) is 23.1. The number of halogens is 1. The van der Waals surface area contributed by atoms with Crippen LogP contribution in [0.3, 0.4) is 0 Å². The smallest absolute Gasteiger partial charge is 0.244 e. The number of hydrogen-bond donors (Lipinski definition) is 1. The van der Waals surface area contributed by atoms with Crippen LogP contribution in [-0.2, 0) is 26.2 Å². The number of ether oxygens (including phenoxy) is 2. The molecule has 1 aliphatic rings. The van der Waals surface area contributed by atoms with Gasteiger partial charge in [0.05, 0.1) is 11.4 Å². The van der Waals surface area contributed by atoms with Crippen LogP contribution in [0.25, 0.3) is 0 Å². The third-order valence-electron chi connectivity index (χ3n) is 5.75. The molecule has 0 saturated carbocycles. The van der Waals surface area contributed by atoms with Gasteiger partial charge in [-0.3, -0.25) is 13.9 Å². The van der Waals surface area contributed by atoms with Crippen LogP contribution in [-0.4, -0.2) is 63.2 Å². The van der Waals surface area contributed by atoms with E-state index in [9.17, 15) is 18.0 Å². The van der Waals surface area contributed by atoms with Gasteiger partial charge in [0.25, 0.3) is 0 Å². The second kappa shape index (κ2) is 12.4. The lowest BCUT2D eigenvalue weighted by Gasteiger charge is -2.32. The topological polar surface area (TPSA) is 105 Å². The van der Waals surface area contributed by atoms with Crippen molar-refractivity contribution in [2.24, 2.45) is 0 Å². The number of rotatable bonds is 11. The van der Waals surface area contributed by atoms with Crippen LogP contribution in [0, 0.1) is 0 Å². The Labute approximate surface area is 220 Å². The molecule has 1 N–H and O–H groups in total. The summed E-state index contributed by atoms with van der Waals surface area (Å²) in [6.45, 7) is 6.01. The van der Waals surface area contributed by atoms with E-state index in [1.165, 1.54) is 11.8 Å². The molecule has 2 aromatic carbocycles. The molecule has 0 aromatic heterocycles. The molecule has 1 atom stereocenters. The van der Waals surface area contributed by atoms with Crippen LogP contribution in [0.2, 0.25) is 0 Å². The molecule has 0 aliphatic carbocycles. The average molecular weight is 583 g/mol. The van der Waals surface area contributed by atoms with E-state index in [1.807, 2.05) is 31.2 Å². The summed E-state index contributed by atoms with van der Waals surface area (Å²) in [5.74, 6) is -0.0682. The predicted octanol–water partition coefficient (Wildman–Crippen LogP) is 3.32. The van der Waals surface area contributed by atoms with E-state index in [2.05, 4.69) is 21.2 Å². The molecule has 36 heavy (non-hydrogen) atoms. The molecular weight excluding hydrogens is 550 g/mol. The van der Waals surface area contributed by atoms with Crippen molar-refractivity contribution in [3.05, 3.63) is 52.5 Å². The summed E-state index contributed by atoms with van der Waals surface area (Å²) in [5, 5.41) is 2.82. The number of amides is 2. The first-order valence-corrected chi connectivity index (χ1v) is 14.3. The van der Waals surface area contributed by atoms with Crippen molar-refractivity contribution in [1.82, 2.24) is 10.2 Å². The van der Waals surface area contributed by atoms with Crippen LogP contribution in [0.1, 0.15) is 32.8 Å². The van der Waals surface area contributed by atoms with Gasteiger partial charge in [-0.25, -0.2) is 8.42 Å². The van der Waals surface area contributed by atoms with Gasteiger partial charge in [-0.15, -0.1) is 0 Å². The SMILES string of the molecule is CCCNC(=O)C(C)N(Cc1cccc(Br)c1)C(=O)CN(c1ccc2c(c1)OCCO2)S(=O)(=O)CC. The number of hydrogen-bond acceptors (Lipinski definition) is 6. The molecule has 9 nitrogen and oxygen atoms in total. The van der Waals surface area contributed by atoms with Crippen molar-refractivity contribution in [3.63, 3.8) is 0 Å². The summed E-state index contributed by atoms with van der Waals surface area (Å²) in [5.41, 5.74) is 1.09. The largest absolute Gasteiger partial charge is 0.486 e. The highest BCUT2D eigenvalue weighted by Crippen LogP contribution is 2.35. The number of sulfonamides is 1. The number of carbonyl (C=O) groups is 2. The van der Waals surface area contributed by atoms with Crippen LogP contribution in [0.4, 0.5) is 5.69 Å². The number of nitrogens with one attached hydrogen (secondary N) is 1. The summed E-state index contributed by atoms with van der Waals surface area (Å²) >= 11 is 3.43. The summed E-state index contributed by atoms with van der Waals surface area (Å²) in [6, 6.07) is 11.4. The zero-order chi connectivity index (χ0) is 26.3. The molecule has 0 saturated heterocycles. The van der Waals surface area contributed by atoms with Gasteiger partial charge in [0.15, 0.2) is 11.5 Å². The van der Waals surface area contributed by atoms with Gasteiger partial charge in [-0.1, -0.05) is 35.0 Å². The number of fused-ring (bicyclic) bond motifs is 1. The van der Waals surface area contributed by atoms with Gasteiger partial charge in [-0.2, -0.15) is 0 Å². The Hall–Kier alpha value is -2.79. The van der Waals surface area contributed by atoms with E-state index in [1.54, 1.807) is 25.1 Å². The van der Waals surface area contributed by atoms with Crippen molar-refractivity contribution in [2.45, 2.75) is 39.8 Å². The van der Waals surface area contributed by atoms with Crippen LogP contribution >= 0.6 is 15.9 Å². The molecule has 11 heteroatoms. The number of benzene rings is 2. The highest BCUT2D eigenvalue weighted by Gasteiger charge is 2.31. The van der Waals surface area contributed by atoms with E-state index < -0.39 is 28.5 Å². The molecule has 2 amide bonds. The van der Waals surface area contributed by atoms with E-state index in [0.717, 1.165) is 20.8 Å². The van der Waals surface area contributed by atoms with E-state index in [4.69, 9.17) is 9.47 Å². The third-order valence-corrected chi connectivity index (χ3v) is 7.99. The van der Waals surface area contributed by atoms with Gasteiger partial charge >= 0.3 is 0 Å². The molecule has 0 radical (unpaired) electrons. The molecule has 1 aliphatic heterocycles. The Kier molecular flexibility index (Phi) is 9.61. The van der Waals surface area contributed by atoms with Gasteiger partial charge in [0.2, 0.25) is 21.8 Å². The van der Waals surface area contributed by atoms with Crippen LogP contribution in [0.5, 0.6) is 11.5 Å². The minimum absolute atomic E-state index is 0.139. The van der Waals surface area contributed by atoms with Gasteiger partial charge in [-0.05, 0) is 50.1 Å². The maximum Gasteiger partial charge on any atom is 0.244 e. The highest BCUT2D eigenvalue weighted by atomic mass is 79.9. The molecule has 2 aromatic rings. The van der Waals surface area contributed by atoms with Gasteiger partial charge in [0, 0.05) is 23.6 Å². The normalized spacial score (nSPS) is 13.6. The summed E-state index contributed by atoms with van der Waals surface area (Å²) in [6.07, 6.45) is 0.755. The lowest BCUT2D eigenvalue weighted by molar-refractivity contribution is -0.139. The second-order valence-corrected chi connectivity index (χ2v) is 11.5. The standard InChI is InChI=1S/C25H32BrN3O6S/c1-4-11-27-25(31)18(3)28(16-19-7-6-8-20(26)14-19)24(30)17-29(36(32,33)5-2)21-9-10-22-23(15-21)35-13-12-34-22/h6-10,14-15,18H,4-5,11-13,16-17H2,1-3H3,(H,27,31). The van der Waals surface area contributed by atoms with E-state index >= 15 is 0 Å². The Bertz CT molecular complexity index is 1190. The Morgan fingerprint density at radius 2 is 1.81 bits per heavy atom. The third kappa shape index (κ3) is 6.91. The summed E-state index contributed by atoms with van der Waals surface area (Å²) in [4.78, 5) is 27.9.